The van der Waals surface area contributed by atoms with Crippen molar-refractivity contribution in [1.29, 1.82) is 0 Å². The molecule has 0 aliphatic rings. The zero-order chi connectivity index (χ0) is 13.6. The van der Waals surface area contributed by atoms with Gasteiger partial charge in [-0.1, -0.05) is 13.8 Å². The van der Waals surface area contributed by atoms with Gasteiger partial charge in [0.2, 0.25) is 10.0 Å². The maximum absolute atomic E-state index is 11.8. The molecule has 0 spiro atoms. The Morgan fingerprint density at radius 3 is 2.24 bits per heavy atom. The highest BCUT2D eigenvalue weighted by atomic mass is 32.2. The third kappa shape index (κ3) is 5.99. The Morgan fingerprint density at radius 2 is 1.88 bits per heavy atom. The molecular formula is C10H21NO5S. The van der Waals surface area contributed by atoms with Gasteiger partial charge in [-0.05, 0) is 19.3 Å². The van der Waals surface area contributed by atoms with Gasteiger partial charge >= 0.3 is 5.97 Å². The van der Waals surface area contributed by atoms with Crippen molar-refractivity contribution in [2.24, 2.45) is 5.92 Å². The quantitative estimate of drug-likeness (QED) is 0.665. The zero-order valence-corrected chi connectivity index (χ0v) is 11.5. The van der Waals surface area contributed by atoms with Crippen molar-refractivity contribution in [2.45, 2.75) is 38.5 Å². The Bertz CT molecular complexity index is 339. The lowest BCUT2D eigenvalue weighted by Crippen LogP contribution is -2.46. The van der Waals surface area contributed by atoms with Crippen LogP contribution in [-0.2, 0) is 19.6 Å². The third-order valence-corrected chi connectivity index (χ3v) is 4.05. The first kappa shape index (κ1) is 16.3. The van der Waals surface area contributed by atoms with E-state index in [1.54, 1.807) is 0 Å². The smallest absolute Gasteiger partial charge is 0.321 e. The number of ether oxygens (including phenoxy) is 1. The van der Waals surface area contributed by atoms with Crippen LogP contribution in [0.25, 0.3) is 0 Å². The van der Waals surface area contributed by atoms with Gasteiger partial charge in [-0.25, -0.2) is 13.1 Å². The van der Waals surface area contributed by atoms with Gasteiger partial charge in [0, 0.05) is 7.11 Å². The Morgan fingerprint density at radius 1 is 1.35 bits per heavy atom. The number of carboxylic acids is 1. The van der Waals surface area contributed by atoms with E-state index in [1.807, 2.05) is 13.8 Å². The predicted octanol–water partition coefficient (Wildman–Crippen LogP) is 0.440. The largest absolute Gasteiger partial charge is 0.480 e. The summed E-state index contributed by atoms with van der Waals surface area (Å²) in [6, 6.07) is -1.08. The van der Waals surface area contributed by atoms with Crippen molar-refractivity contribution in [1.82, 2.24) is 4.72 Å². The van der Waals surface area contributed by atoms with Crippen LogP contribution in [0.5, 0.6) is 0 Å². The molecule has 0 saturated heterocycles. The molecule has 0 heterocycles. The van der Waals surface area contributed by atoms with Crippen LogP contribution in [-0.4, -0.2) is 44.5 Å². The van der Waals surface area contributed by atoms with Gasteiger partial charge < -0.3 is 9.84 Å². The van der Waals surface area contributed by atoms with Gasteiger partial charge in [0.25, 0.3) is 0 Å². The van der Waals surface area contributed by atoms with Crippen LogP contribution in [0.3, 0.4) is 0 Å². The number of hydrogen-bond donors (Lipinski definition) is 2. The topological polar surface area (TPSA) is 92.7 Å². The molecule has 0 fully saturated rings. The van der Waals surface area contributed by atoms with E-state index in [-0.39, 0.29) is 18.9 Å². The molecule has 17 heavy (non-hydrogen) atoms. The van der Waals surface area contributed by atoms with Gasteiger partial charge in [-0.2, -0.15) is 0 Å². The van der Waals surface area contributed by atoms with Gasteiger partial charge in [0.05, 0.1) is 11.9 Å². The number of sulfonamides is 1. The fourth-order valence-corrected chi connectivity index (χ4v) is 2.45. The Hall–Kier alpha value is -0.660. The molecule has 0 aromatic rings. The Labute approximate surface area is 102 Å². The van der Waals surface area contributed by atoms with Gasteiger partial charge in [-0.15, -0.1) is 0 Å². The van der Waals surface area contributed by atoms with Crippen molar-refractivity contribution < 1.29 is 23.1 Å². The van der Waals surface area contributed by atoms with E-state index >= 15 is 0 Å². The summed E-state index contributed by atoms with van der Waals surface area (Å²) in [5.41, 5.74) is 0. The van der Waals surface area contributed by atoms with Crippen LogP contribution in [0.1, 0.15) is 27.2 Å². The van der Waals surface area contributed by atoms with E-state index < -0.39 is 27.3 Å². The lowest BCUT2D eigenvalue weighted by atomic mass is 10.1. The fraction of sp³-hybridized carbons (Fsp3) is 0.900. The first-order valence-electron chi connectivity index (χ1n) is 5.43. The first-order valence-corrected chi connectivity index (χ1v) is 6.98. The lowest BCUT2D eigenvalue weighted by molar-refractivity contribution is -0.139. The average Bonchev–Trinajstić information content (AvgIpc) is 2.15. The molecule has 0 saturated carbocycles. The number of rotatable bonds is 8. The van der Waals surface area contributed by atoms with Crippen molar-refractivity contribution >= 4 is 16.0 Å². The molecule has 0 rings (SSSR count). The van der Waals surface area contributed by atoms with Gasteiger partial charge in [0.15, 0.2) is 0 Å². The summed E-state index contributed by atoms with van der Waals surface area (Å²) in [5, 5.41) is 8.16. The van der Waals surface area contributed by atoms with E-state index in [9.17, 15) is 13.2 Å². The number of carbonyl (C=O) groups is 1. The maximum Gasteiger partial charge on any atom is 0.321 e. The highest BCUT2D eigenvalue weighted by molar-refractivity contribution is 7.90. The maximum atomic E-state index is 11.8. The molecule has 0 aliphatic heterocycles. The molecule has 6 nitrogen and oxygen atoms in total. The molecule has 0 aromatic carbocycles. The van der Waals surface area contributed by atoms with Crippen LogP contribution < -0.4 is 4.72 Å². The van der Waals surface area contributed by atoms with Crippen LogP contribution in [0.2, 0.25) is 0 Å². The minimum Gasteiger partial charge on any atom is -0.480 e. The SMILES string of the molecule is COCC(C)S(=O)(=O)NC(CC(C)C)C(=O)O. The van der Waals surface area contributed by atoms with E-state index in [0.29, 0.717) is 0 Å². The second kappa shape index (κ2) is 6.93. The summed E-state index contributed by atoms with van der Waals surface area (Å²) in [7, 11) is -2.27. The molecule has 0 radical (unpaired) electrons. The van der Waals surface area contributed by atoms with E-state index in [0.717, 1.165) is 0 Å². The van der Waals surface area contributed by atoms with Crippen molar-refractivity contribution in [3.8, 4) is 0 Å². The van der Waals surface area contributed by atoms with Crippen LogP contribution in [0.4, 0.5) is 0 Å². The molecule has 0 amide bonds. The summed E-state index contributed by atoms with van der Waals surface area (Å²) in [6.07, 6.45) is 0.258. The highest BCUT2D eigenvalue weighted by Crippen LogP contribution is 2.08. The van der Waals surface area contributed by atoms with E-state index in [4.69, 9.17) is 9.84 Å². The standard InChI is InChI=1S/C10H21NO5S/c1-7(2)5-9(10(12)13)11-17(14,15)8(3)6-16-4/h7-9,11H,5-6H2,1-4H3,(H,12,13). The van der Waals surface area contributed by atoms with Crippen molar-refractivity contribution in [3.05, 3.63) is 0 Å². The van der Waals surface area contributed by atoms with E-state index in [1.165, 1.54) is 14.0 Å². The number of aliphatic carboxylic acids is 1. The number of carboxylic acid groups (broad SMARTS) is 1. The monoisotopic (exact) mass is 267 g/mol. The third-order valence-electron chi connectivity index (χ3n) is 2.24. The lowest BCUT2D eigenvalue weighted by Gasteiger charge is -2.19. The molecule has 0 aromatic heterocycles. The van der Waals surface area contributed by atoms with Crippen LogP contribution >= 0.6 is 0 Å². The summed E-state index contributed by atoms with van der Waals surface area (Å²) in [4.78, 5) is 10.9. The summed E-state index contributed by atoms with van der Waals surface area (Å²) in [6.45, 7) is 5.18. The predicted molar refractivity (Wildman–Crippen MR) is 64.3 cm³/mol. The van der Waals surface area contributed by atoms with Crippen molar-refractivity contribution in [3.63, 3.8) is 0 Å². The number of nitrogens with one attached hydrogen (secondary N) is 1. The minimum absolute atomic E-state index is 0.0311. The minimum atomic E-state index is -3.67. The first-order chi connectivity index (χ1) is 7.70. The van der Waals surface area contributed by atoms with Gasteiger partial charge in [-0.3, -0.25) is 4.79 Å². The summed E-state index contributed by atoms with van der Waals surface area (Å²) < 4.78 is 30.5. The summed E-state index contributed by atoms with van der Waals surface area (Å²) in [5.74, 6) is -1.07. The second-order valence-electron chi connectivity index (χ2n) is 4.45. The molecule has 7 heteroatoms. The van der Waals surface area contributed by atoms with E-state index in [2.05, 4.69) is 4.72 Å². The zero-order valence-electron chi connectivity index (χ0n) is 10.6. The van der Waals surface area contributed by atoms with Crippen LogP contribution in [0, 0.1) is 5.92 Å². The molecule has 2 unspecified atom stereocenters. The van der Waals surface area contributed by atoms with Gasteiger partial charge in [0.1, 0.15) is 6.04 Å². The molecule has 0 aliphatic carbocycles. The Balaban J connectivity index is 4.69. The summed E-state index contributed by atoms with van der Waals surface area (Å²) >= 11 is 0. The van der Waals surface area contributed by atoms with Crippen LogP contribution in [0.15, 0.2) is 0 Å². The molecule has 2 atom stereocenters. The number of methoxy groups -OCH3 is 1. The van der Waals surface area contributed by atoms with Crippen molar-refractivity contribution in [2.75, 3.05) is 13.7 Å². The normalized spacial score (nSPS) is 15.8. The average molecular weight is 267 g/mol. The molecule has 0 bridgehead atoms. The molecular weight excluding hydrogens is 246 g/mol. The second-order valence-corrected chi connectivity index (χ2v) is 6.58. The molecule has 102 valence electrons. The molecule has 2 N–H and O–H groups in total. The Kier molecular flexibility index (Phi) is 6.66. The highest BCUT2D eigenvalue weighted by Gasteiger charge is 2.28. The fourth-order valence-electron chi connectivity index (χ4n) is 1.31. The number of hydrogen-bond acceptors (Lipinski definition) is 4.